The van der Waals surface area contributed by atoms with Crippen molar-refractivity contribution >= 4 is 54.9 Å². The number of hydrogen-bond donors (Lipinski definition) is 0. The van der Waals surface area contributed by atoms with Crippen molar-refractivity contribution in [1.82, 2.24) is 20.0 Å². The summed E-state index contributed by atoms with van der Waals surface area (Å²) in [4.78, 5) is 0.287. The Balaban J connectivity index is 2.18. The zero-order valence-corrected chi connectivity index (χ0v) is 13.0. The summed E-state index contributed by atoms with van der Waals surface area (Å²) in [5.74, 6) is 0. The number of halogens is 4. The minimum atomic E-state index is -2.70. The molecule has 0 saturated carbocycles. The maximum Gasteiger partial charge on any atom is 0.291 e. The molecule has 3 rings (SSSR count). The van der Waals surface area contributed by atoms with Gasteiger partial charge in [0.1, 0.15) is 10.4 Å². The van der Waals surface area contributed by atoms with Gasteiger partial charge in [-0.15, -0.1) is 10.2 Å². The number of rotatable bonds is 3. The van der Waals surface area contributed by atoms with E-state index in [4.69, 9.17) is 22.3 Å². The van der Waals surface area contributed by atoms with Crippen molar-refractivity contribution in [3.63, 3.8) is 0 Å². The van der Waals surface area contributed by atoms with Gasteiger partial charge < -0.3 is 4.55 Å². The average Bonchev–Trinajstić information content (AvgIpc) is 3.04. The summed E-state index contributed by atoms with van der Waals surface area (Å²) in [7, 11) is 3.79. The Kier molecular flexibility index (Phi) is 4.02. The highest BCUT2D eigenvalue weighted by Gasteiger charge is 2.19. The first kappa shape index (κ1) is 14.9. The van der Waals surface area contributed by atoms with Crippen LogP contribution in [-0.4, -0.2) is 24.5 Å². The van der Waals surface area contributed by atoms with Crippen molar-refractivity contribution in [2.24, 2.45) is 0 Å². The van der Waals surface area contributed by atoms with Gasteiger partial charge in [-0.05, 0) is 0 Å². The van der Waals surface area contributed by atoms with Crippen LogP contribution < -0.4 is 0 Å². The fourth-order valence-electron chi connectivity index (χ4n) is 1.71. The van der Waals surface area contributed by atoms with Crippen molar-refractivity contribution in [1.29, 1.82) is 0 Å². The van der Waals surface area contributed by atoms with E-state index in [1.54, 1.807) is 0 Å². The van der Waals surface area contributed by atoms with Crippen LogP contribution in [0.1, 0.15) is 11.4 Å². The second-order valence-electron chi connectivity index (χ2n) is 3.84. The molecule has 0 saturated heterocycles. The van der Waals surface area contributed by atoms with Crippen LogP contribution in [0.15, 0.2) is 23.2 Å². The van der Waals surface area contributed by atoms with Gasteiger partial charge in [0, 0.05) is 17.5 Å². The molecule has 11 heteroatoms. The van der Waals surface area contributed by atoms with E-state index in [1.807, 2.05) is 0 Å². The van der Waals surface area contributed by atoms with E-state index in [1.165, 1.54) is 23.0 Å². The molecular formula is C10H4Cl2F2N4OS2. The predicted molar refractivity (Wildman–Crippen MR) is 76.8 cm³/mol. The van der Waals surface area contributed by atoms with E-state index in [0.29, 0.717) is 27.3 Å². The van der Waals surface area contributed by atoms with Gasteiger partial charge in [-0.2, -0.15) is 5.10 Å². The number of aromatic nitrogens is 4. The van der Waals surface area contributed by atoms with Crippen LogP contribution in [0.4, 0.5) is 8.78 Å². The summed E-state index contributed by atoms with van der Waals surface area (Å²) in [5.41, 5.74) is 0.462. The van der Waals surface area contributed by atoms with E-state index >= 15 is 0 Å². The third kappa shape index (κ3) is 2.71. The molecule has 0 fully saturated rings. The van der Waals surface area contributed by atoms with Crippen molar-refractivity contribution in [3.8, 4) is 5.13 Å². The largest absolute Gasteiger partial charge is 0.594 e. The molecule has 3 aromatic rings. The molecule has 0 aliphatic rings. The molecule has 0 spiro atoms. The van der Waals surface area contributed by atoms with Gasteiger partial charge >= 0.3 is 0 Å². The molecule has 0 bridgehead atoms. The lowest BCUT2D eigenvalue weighted by atomic mass is 10.2. The summed E-state index contributed by atoms with van der Waals surface area (Å²) < 4.78 is 37.8. The van der Waals surface area contributed by atoms with Gasteiger partial charge in [0.15, 0.2) is 20.6 Å². The van der Waals surface area contributed by atoms with Crippen molar-refractivity contribution in [2.45, 2.75) is 11.3 Å². The lowest BCUT2D eigenvalue weighted by Gasteiger charge is -2.03. The van der Waals surface area contributed by atoms with Crippen molar-refractivity contribution in [3.05, 3.63) is 28.4 Å². The number of nitrogens with zero attached hydrogens (tertiary/aromatic N) is 4. The Bertz CT molecular complexity index is 808. The Hall–Kier alpha value is -1.00. The third-order valence-corrected chi connectivity index (χ3v) is 4.95. The van der Waals surface area contributed by atoms with E-state index in [-0.39, 0.29) is 10.0 Å². The second kappa shape index (κ2) is 5.65. The SMILES string of the molecule is [O-][S+](Cl)c1cc(Cl)c2cnn(-c3nnc(C(F)F)s3)c2c1. The van der Waals surface area contributed by atoms with Crippen LogP contribution in [0.3, 0.4) is 0 Å². The number of hydrogen-bond acceptors (Lipinski definition) is 5. The van der Waals surface area contributed by atoms with Crippen LogP contribution in [0.2, 0.25) is 5.02 Å². The average molecular weight is 369 g/mol. The molecule has 21 heavy (non-hydrogen) atoms. The van der Waals surface area contributed by atoms with Gasteiger partial charge in [0.25, 0.3) is 6.43 Å². The van der Waals surface area contributed by atoms with Gasteiger partial charge in [-0.3, -0.25) is 0 Å². The molecular weight excluding hydrogens is 365 g/mol. The summed E-state index contributed by atoms with van der Waals surface area (Å²) in [6, 6.07) is 2.98. The van der Waals surface area contributed by atoms with Crippen LogP contribution in [0.25, 0.3) is 16.0 Å². The Labute approximate surface area is 133 Å². The molecule has 0 aliphatic heterocycles. The lowest BCUT2D eigenvalue weighted by molar-refractivity contribution is 0.150. The van der Waals surface area contributed by atoms with Crippen LogP contribution in [0.5, 0.6) is 0 Å². The molecule has 0 N–H and O–H groups in total. The lowest BCUT2D eigenvalue weighted by Crippen LogP contribution is -1.97. The van der Waals surface area contributed by atoms with Crippen molar-refractivity contribution < 1.29 is 13.3 Å². The molecule has 2 aromatic heterocycles. The van der Waals surface area contributed by atoms with Gasteiger partial charge in [-0.1, -0.05) is 22.9 Å². The quantitative estimate of drug-likeness (QED) is 0.660. The minimum absolute atomic E-state index is 0.161. The highest BCUT2D eigenvalue weighted by molar-refractivity contribution is 8.13. The molecule has 0 radical (unpaired) electrons. The molecule has 1 aromatic carbocycles. The standard InChI is InChI=1S/C10H4Cl2F2N4OS2/c11-6-1-4(21(12)19)2-7-5(6)3-15-18(7)10-17-16-9(20-10)8(13)14/h1-3,8H. The first-order valence-electron chi connectivity index (χ1n) is 5.34. The minimum Gasteiger partial charge on any atom is -0.594 e. The van der Waals surface area contributed by atoms with Crippen LogP contribution in [0, 0.1) is 0 Å². The monoisotopic (exact) mass is 368 g/mol. The van der Waals surface area contributed by atoms with Gasteiger partial charge in [0.05, 0.1) is 16.7 Å². The maximum absolute atomic E-state index is 12.6. The Morgan fingerprint density at radius 2 is 2.10 bits per heavy atom. The first-order valence-corrected chi connectivity index (χ1v) is 8.51. The van der Waals surface area contributed by atoms with Gasteiger partial charge in [0.2, 0.25) is 5.13 Å². The second-order valence-corrected chi connectivity index (χ2v) is 7.00. The third-order valence-electron chi connectivity index (χ3n) is 2.59. The summed E-state index contributed by atoms with van der Waals surface area (Å²) in [5, 5.41) is 11.7. The predicted octanol–water partition coefficient (Wildman–Crippen LogP) is 3.73. The van der Waals surface area contributed by atoms with E-state index in [9.17, 15) is 13.3 Å². The Morgan fingerprint density at radius 3 is 2.71 bits per heavy atom. The molecule has 2 heterocycles. The normalized spacial score (nSPS) is 13.2. The zero-order chi connectivity index (χ0) is 15.1. The molecule has 0 aliphatic carbocycles. The molecule has 1 atom stereocenters. The van der Waals surface area contributed by atoms with Gasteiger partial charge in [-0.25, -0.2) is 13.5 Å². The smallest absolute Gasteiger partial charge is 0.291 e. The molecule has 5 nitrogen and oxygen atoms in total. The number of benzene rings is 1. The Morgan fingerprint density at radius 1 is 1.33 bits per heavy atom. The van der Waals surface area contributed by atoms with E-state index in [0.717, 1.165) is 0 Å². The summed E-state index contributed by atoms with van der Waals surface area (Å²) in [6.07, 6.45) is -1.24. The molecule has 110 valence electrons. The van der Waals surface area contributed by atoms with E-state index < -0.39 is 21.8 Å². The van der Waals surface area contributed by atoms with Crippen molar-refractivity contribution in [2.75, 3.05) is 0 Å². The van der Waals surface area contributed by atoms with Crippen LogP contribution >= 0.6 is 33.6 Å². The topological polar surface area (TPSA) is 66.7 Å². The number of alkyl halides is 2. The zero-order valence-electron chi connectivity index (χ0n) is 9.83. The highest BCUT2D eigenvalue weighted by Crippen LogP contribution is 2.32. The summed E-state index contributed by atoms with van der Waals surface area (Å²) in [6.45, 7) is 0. The number of fused-ring (bicyclic) bond motifs is 1. The van der Waals surface area contributed by atoms with E-state index in [2.05, 4.69) is 15.3 Å². The van der Waals surface area contributed by atoms with Crippen LogP contribution in [-0.2, 0) is 10.4 Å². The fourth-order valence-corrected chi connectivity index (χ4v) is 3.39. The molecule has 0 amide bonds. The fraction of sp³-hybridized carbons (Fsp3) is 0.100. The highest BCUT2D eigenvalue weighted by atomic mass is 35.7. The molecule has 1 unspecified atom stereocenters. The maximum atomic E-state index is 12.6. The summed E-state index contributed by atoms with van der Waals surface area (Å²) >= 11 is 6.77. The first-order chi connectivity index (χ1) is 9.97.